The molecule has 4 nitrogen and oxygen atoms in total. The molecule has 0 saturated carbocycles. The van der Waals surface area contributed by atoms with E-state index < -0.39 is 12.5 Å². The molecule has 0 atom stereocenters. The van der Waals surface area contributed by atoms with Crippen molar-refractivity contribution in [2.24, 2.45) is 0 Å². The Balaban J connectivity index is 2.18. The second-order valence-electron chi connectivity index (χ2n) is 3.70. The smallest absolute Gasteiger partial charge is 0.387 e. The Morgan fingerprint density at radius 3 is 2.65 bits per heavy atom. The predicted molar refractivity (Wildman–Crippen MR) is 73.0 cm³/mol. The van der Waals surface area contributed by atoms with Crippen LogP contribution in [0.5, 0.6) is 5.75 Å². The largest absolute Gasteiger partial charge is 0.434 e. The van der Waals surface area contributed by atoms with Crippen molar-refractivity contribution in [3.05, 3.63) is 52.8 Å². The number of aromatic nitrogens is 1. The Hall–Kier alpha value is -2.02. The average molecular weight is 343 g/mol. The van der Waals surface area contributed by atoms with Gasteiger partial charge in [-0.1, -0.05) is 12.1 Å². The van der Waals surface area contributed by atoms with Gasteiger partial charge >= 0.3 is 6.61 Å². The molecule has 1 aromatic heterocycles. The van der Waals surface area contributed by atoms with Gasteiger partial charge in [0.05, 0.1) is 17.4 Å². The lowest BCUT2D eigenvalue weighted by Gasteiger charge is -2.10. The standard InChI is InChI=1S/C13H9BrF2N2O2/c14-11-6-5-8(7-17-11)18-12(19)9-3-1-2-4-10(9)20-13(15)16/h1-7,13H,(H,18,19). The fourth-order valence-electron chi connectivity index (χ4n) is 1.50. The highest BCUT2D eigenvalue weighted by Gasteiger charge is 2.15. The zero-order valence-corrected chi connectivity index (χ0v) is 11.6. The van der Waals surface area contributed by atoms with Gasteiger partial charge in [-0.05, 0) is 40.2 Å². The fraction of sp³-hybridized carbons (Fsp3) is 0.0769. The molecule has 7 heteroatoms. The second kappa shape index (κ2) is 6.42. The van der Waals surface area contributed by atoms with Gasteiger partial charge < -0.3 is 10.1 Å². The molecule has 1 N–H and O–H groups in total. The van der Waals surface area contributed by atoms with Gasteiger partial charge in [-0.3, -0.25) is 4.79 Å². The summed E-state index contributed by atoms with van der Waals surface area (Å²) in [6.45, 7) is -2.99. The summed E-state index contributed by atoms with van der Waals surface area (Å²) in [4.78, 5) is 16.0. The van der Waals surface area contributed by atoms with E-state index in [0.29, 0.717) is 10.3 Å². The third-order valence-electron chi connectivity index (χ3n) is 2.33. The fourth-order valence-corrected chi connectivity index (χ4v) is 1.74. The molecule has 0 aliphatic heterocycles. The van der Waals surface area contributed by atoms with Crippen molar-refractivity contribution >= 4 is 27.5 Å². The number of nitrogens with zero attached hydrogens (tertiary/aromatic N) is 1. The molecule has 0 unspecified atom stereocenters. The Kier molecular flexibility index (Phi) is 4.62. The summed E-state index contributed by atoms with van der Waals surface area (Å²) in [7, 11) is 0. The zero-order chi connectivity index (χ0) is 14.5. The van der Waals surface area contributed by atoms with E-state index >= 15 is 0 Å². The third kappa shape index (κ3) is 3.74. The number of carbonyl (C=O) groups excluding carboxylic acids is 1. The number of carbonyl (C=O) groups is 1. The van der Waals surface area contributed by atoms with E-state index in [4.69, 9.17) is 0 Å². The maximum atomic E-state index is 12.3. The topological polar surface area (TPSA) is 51.2 Å². The van der Waals surface area contributed by atoms with Crippen LogP contribution in [0.25, 0.3) is 0 Å². The van der Waals surface area contributed by atoms with Crippen LogP contribution in [0.3, 0.4) is 0 Å². The molecule has 0 bridgehead atoms. The normalized spacial score (nSPS) is 10.4. The highest BCUT2D eigenvalue weighted by molar-refractivity contribution is 9.10. The number of hydrogen-bond donors (Lipinski definition) is 1. The molecule has 2 rings (SSSR count). The van der Waals surface area contributed by atoms with E-state index in [1.54, 1.807) is 18.2 Å². The molecular weight excluding hydrogens is 334 g/mol. The van der Waals surface area contributed by atoms with Crippen molar-refractivity contribution < 1.29 is 18.3 Å². The highest BCUT2D eigenvalue weighted by atomic mass is 79.9. The number of pyridine rings is 1. The van der Waals surface area contributed by atoms with Crippen LogP contribution < -0.4 is 10.1 Å². The highest BCUT2D eigenvalue weighted by Crippen LogP contribution is 2.21. The SMILES string of the molecule is O=C(Nc1ccc(Br)nc1)c1ccccc1OC(F)F. The van der Waals surface area contributed by atoms with Crippen molar-refractivity contribution in [3.8, 4) is 5.75 Å². The number of alkyl halides is 2. The van der Waals surface area contributed by atoms with Crippen molar-refractivity contribution in [3.63, 3.8) is 0 Å². The van der Waals surface area contributed by atoms with E-state index in [-0.39, 0.29) is 11.3 Å². The van der Waals surface area contributed by atoms with Crippen LogP contribution in [0.4, 0.5) is 14.5 Å². The molecule has 1 aromatic carbocycles. The van der Waals surface area contributed by atoms with E-state index in [2.05, 4.69) is 31.0 Å². The van der Waals surface area contributed by atoms with Gasteiger partial charge in [0.25, 0.3) is 5.91 Å². The maximum absolute atomic E-state index is 12.3. The number of hydrogen-bond acceptors (Lipinski definition) is 3. The van der Waals surface area contributed by atoms with E-state index in [0.717, 1.165) is 0 Å². The summed E-state index contributed by atoms with van der Waals surface area (Å²) >= 11 is 3.17. The van der Waals surface area contributed by atoms with E-state index in [9.17, 15) is 13.6 Å². The van der Waals surface area contributed by atoms with Crippen LogP contribution >= 0.6 is 15.9 Å². The van der Waals surface area contributed by atoms with Gasteiger partial charge in [0.2, 0.25) is 0 Å². The first-order chi connectivity index (χ1) is 9.56. The molecule has 0 aliphatic carbocycles. The van der Waals surface area contributed by atoms with Gasteiger partial charge in [0.1, 0.15) is 10.4 Å². The van der Waals surface area contributed by atoms with Gasteiger partial charge in [0.15, 0.2) is 0 Å². The Labute approximate surface area is 121 Å². The minimum atomic E-state index is -2.99. The minimum Gasteiger partial charge on any atom is -0.434 e. The molecule has 20 heavy (non-hydrogen) atoms. The summed E-state index contributed by atoms with van der Waals surface area (Å²) in [6, 6.07) is 9.06. The van der Waals surface area contributed by atoms with Crippen molar-refractivity contribution in [1.29, 1.82) is 0 Å². The van der Waals surface area contributed by atoms with Crippen LogP contribution in [0, 0.1) is 0 Å². The lowest BCUT2D eigenvalue weighted by molar-refractivity contribution is -0.0501. The molecule has 0 radical (unpaired) electrons. The summed E-state index contributed by atoms with van der Waals surface area (Å²) in [5.41, 5.74) is 0.473. The number of ether oxygens (including phenoxy) is 1. The summed E-state index contributed by atoms with van der Waals surface area (Å²) in [5.74, 6) is -0.726. The monoisotopic (exact) mass is 342 g/mol. The van der Waals surface area contributed by atoms with Gasteiger partial charge in [-0.2, -0.15) is 8.78 Å². The Bertz CT molecular complexity index is 606. The molecule has 104 valence electrons. The van der Waals surface area contributed by atoms with Crippen molar-refractivity contribution in [1.82, 2.24) is 4.98 Å². The first-order valence-electron chi connectivity index (χ1n) is 5.53. The summed E-state index contributed by atoms with van der Waals surface area (Å²) in [5, 5.41) is 2.55. The lowest BCUT2D eigenvalue weighted by Crippen LogP contribution is -2.15. The molecule has 1 amide bonds. The van der Waals surface area contributed by atoms with Crippen LogP contribution in [0.1, 0.15) is 10.4 Å². The number of amides is 1. The average Bonchev–Trinajstić information content (AvgIpc) is 2.41. The number of rotatable bonds is 4. The molecular formula is C13H9BrF2N2O2. The molecule has 0 saturated heterocycles. The van der Waals surface area contributed by atoms with Crippen LogP contribution in [0.2, 0.25) is 0 Å². The van der Waals surface area contributed by atoms with Crippen LogP contribution in [0.15, 0.2) is 47.2 Å². The van der Waals surface area contributed by atoms with Crippen LogP contribution in [-0.2, 0) is 0 Å². The van der Waals surface area contributed by atoms with Crippen LogP contribution in [-0.4, -0.2) is 17.5 Å². The van der Waals surface area contributed by atoms with E-state index in [1.807, 2.05) is 0 Å². The number of nitrogens with one attached hydrogen (secondary N) is 1. The van der Waals surface area contributed by atoms with Gasteiger partial charge in [-0.15, -0.1) is 0 Å². The molecule has 0 spiro atoms. The summed E-state index contributed by atoms with van der Waals surface area (Å²) in [6.07, 6.45) is 1.44. The third-order valence-corrected chi connectivity index (χ3v) is 2.80. The van der Waals surface area contributed by atoms with Gasteiger partial charge in [-0.25, -0.2) is 4.98 Å². The number of anilines is 1. The Morgan fingerprint density at radius 2 is 2.00 bits per heavy atom. The Morgan fingerprint density at radius 1 is 1.25 bits per heavy atom. The number of para-hydroxylation sites is 1. The number of benzene rings is 1. The molecule has 2 aromatic rings. The van der Waals surface area contributed by atoms with E-state index in [1.165, 1.54) is 24.4 Å². The second-order valence-corrected chi connectivity index (χ2v) is 4.51. The number of halogens is 3. The predicted octanol–water partition coefficient (Wildman–Crippen LogP) is 3.70. The van der Waals surface area contributed by atoms with Crippen molar-refractivity contribution in [2.45, 2.75) is 6.61 Å². The quantitative estimate of drug-likeness (QED) is 0.862. The lowest BCUT2D eigenvalue weighted by atomic mass is 10.2. The molecule has 0 fully saturated rings. The first kappa shape index (κ1) is 14.4. The molecule has 1 heterocycles. The zero-order valence-electron chi connectivity index (χ0n) is 10.0. The minimum absolute atomic E-state index is 0.0238. The van der Waals surface area contributed by atoms with Gasteiger partial charge in [0, 0.05) is 0 Å². The van der Waals surface area contributed by atoms with Crippen molar-refractivity contribution in [2.75, 3.05) is 5.32 Å². The summed E-state index contributed by atoms with van der Waals surface area (Å²) < 4.78 is 29.5. The maximum Gasteiger partial charge on any atom is 0.387 e. The first-order valence-corrected chi connectivity index (χ1v) is 6.32. The molecule has 0 aliphatic rings.